The summed E-state index contributed by atoms with van der Waals surface area (Å²) in [5, 5.41) is 14.9. The molecule has 0 atom stereocenters. The van der Waals surface area contributed by atoms with Gasteiger partial charge in [0.15, 0.2) is 11.1 Å². The van der Waals surface area contributed by atoms with Crippen LogP contribution in [0.1, 0.15) is 12.7 Å². The van der Waals surface area contributed by atoms with Crippen LogP contribution in [-0.2, 0) is 13.6 Å². The molecule has 1 aromatic carbocycles. The lowest BCUT2D eigenvalue weighted by atomic mass is 10.3. The van der Waals surface area contributed by atoms with Gasteiger partial charge >= 0.3 is 0 Å². The number of hydrogen-bond acceptors (Lipinski definition) is 6. The van der Waals surface area contributed by atoms with Crippen LogP contribution >= 0.6 is 35.3 Å². The zero-order valence-corrected chi connectivity index (χ0v) is 17.9. The van der Waals surface area contributed by atoms with E-state index in [1.165, 1.54) is 11.0 Å². The highest BCUT2D eigenvalue weighted by molar-refractivity contribution is 14.0. The fourth-order valence-electron chi connectivity index (χ4n) is 2.25. The van der Waals surface area contributed by atoms with Gasteiger partial charge in [-0.15, -0.1) is 24.0 Å². The molecule has 8 nitrogen and oxygen atoms in total. The molecular weight excluding hydrogens is 463 g/mol. The monoisotopic (exact) mass is 486 g/mol. The summed E-state index contributed by atoms with van der Waals surface area (Å²) < 4.78 is 2.92. The van der Waals surface area contributed by atoms with Gasteiger partial charge in [0.05, 0.1) is 10.2 Å². The Hall–Kier alpha value is -1.95. The number of nitrogens with one attached hydrogen (secondary N) is 3. The third-order valence-corrected chi connectivity index (χ3v) is 4.51. The lowest BCUT2D eigenvalue weighted by Crippen LogP contribution is -2.39. The predicted octanol–water partition coefficient (Wildman–Crippen LogP) is 2.21. The van der Waals surface area contributed by atoms with Gasteiger partial charge in [-0.05, 0) is 19.1 Å². The molecule has 0 aliphatic heterocycles. The number of fused-ring (bicyclic) bond motifs is 1. The molecular formula is C16H23IN8S. The van der Waals surface area contributed by atoms with Crippen LogP contribution < -0.4 is 16.0 Å². The van der Waals surface area contributed by atoms with Gasteiger partial charge in [-0.1, -0.05) is 23.5 Å². The van der Waals surface area contributed by atoms with Gasteiger partial charge in [0.25, 0.3) is 0 Å². The molecule has 2 heterocycles. The fourth-order valence-corrected chi connectivity index (χ4v) is 3.14. The number of aliphatic imine (C=N–C) groups is 1. The Morgan fingerprint density at radius 1 is 1.23 bits per heavy atom. The number of anilines is 1. The zero-order valence-electron chi connectivity index (χ0n) is 14.8. The maximum Gasteiger partial charge on any atom is 0.191 e. The minimum atomic E-state index is 0. The van der Waals surface area contributed by atoms with E-state index < -0.39 is 0 Å². The van der Waals surface area contributed by atoms with Crippen molar-refractivity contribution in [3.8, 4) is 0 Å². The van der Waals surface area contributed by atoms with Crippen molar-refractivity contribution < 1.29 is 0 Å². The van der Waals surface area contributed by atoms with Gasteiger partial charge in [0.1, 0.15) is 18.7 Å². The highest BCUT2D eigenvalue weighted by Crippen LogP contribution is 2.24. The van der Waals surface area contributed by atoms with E-state index in [-0.39, 0.29) is 24.0 Å². The number of guanidine groups is 1. The van der Waals surface area contributed by atoms with Crippen LogP contribution in [0.2, 0.25) is 0 Å². The Labute approximate surface area is 173 Å². The Bertz CT molecular complexity index is 811. The van der Waals surface area contributed by atoms with E-state index in [0.29, 0.717) is 6.54 Å². The lowest BCUT2D eigenvalue weighted by molar-refractivity contribution is 0.698. The largest absolute Gasteiger partial charge is 0.360 e. The quantitative estimate of drug-likeness (QED) is 0.205. The van der Waals surface area contributed by atoms with Gasteiger partial charge in [0, 0.05) is 26.7 Å². The number of thiazole rings is 1. The molecule has 26 heavy (non-hydrogen) atoms. The van der Waals surface area contributed by atoms with Crippen LogP contribution in [0.5, 0.6) is 0 Å². The third-order valence-electron chi connectivity index (χ3n) is 3.52. The van der Waals surface area contributed by atoms with Crippen molar-refractivity contribution in [1.82, 2.24) is 30.4 Å². The Morgan fingerprint density at radius 3 is 2.81 bits per heavy atom. The van der Waals surface area contributed by atoms with Gasteiger partial charge in [-0.2, -0.15) is 5.10 Å². The van der Waals surface area contributed by atoms with Gasteiger partial charge < -0.3 is 16.0 Å². The third kappa shape index (κ3) is 5.53. The zero-order chi connectivity index (χ0) is 17.5. The van der Waals surface area contributed by atoms with E-state index >= 15 is 0 Å². The molecule has 3 aromatic rings. The molecule has 0 radical (unpaired) electrons. The van der Waals surface area contributed by atoms with E-state index in [0.717, 1.165) is 42.1 Å². The molecule has 0 fully saturated rings. The van der Waals surface area contributed by atoms with Crippen LogP contribution in [0.15, 0.2) is 35.6 Å². The second-order valence-electron chi connectivity index (χ2n) is 5.34. The van der Waals surface area contributed by atoms with E-state index in [1.54, 1.807) is 16.0 Å². The van der Waals surface area contributed by atoms with Crippen LogP contribution in [0.25, 0.3) is 10.2 Å². The first-order chi connectivity index (χ1) is 12.3. The first kappa shape index (κ1) is 20.4. The lowest BCUT2D eigenvalue weighted by Gasteiger charge is -2.11. The smallest absolute Gasteiger partial charge is 0.191 e. The highest BCUT2D eigenvalue weighted by Gasteiger charge is 2.03. The van der Waals surface area contributed by atoms with Crippen molar-refractivity contribution in [3.05, 3.63) is 36.4 Å². The molecule has 2 aromatic heterocycles. The minimum absolute atomic E-state index is 0. The van der Waals surface area contributed by atoms with Crippen LogP contribution in [-0.4, -0.2) is 45.3 Å². The number of nitrogens with zero attached hydrogens (tertiary/aromatic N) is 5. The maximum absolute atomic E-state index is 4.56. The van der Waals surface area contributed by atoms with Crippen LogP contribution in [0, 0.1) is 0 Å². The molecule has 0 saturated heterocycles. The van der Waals surface area contributed by atoms with Gasteiger partial charge in [0.2, 0.25) is 0 Å². The average Bonchev–Trinajstić information content (AvgIpc) is 3.21. The van der Waals surface area contributed by atoms with Crippen molar-refractivity contribution in [2.24, 2.45) is 12.0 Å². The number of aryl methyl sites for hydroxylation is 1. The first-order valence-corrected chi connectivity index (χ1v) is 9.02. The SMILES string of the molecule is CCNC(=NCc1ncnn1C)NCCNc1nc2ccccc2s1.I. The van der Waals surface area contributed by atoms with E-state index in [2.05, 4.69) is 42.1 Å². The van der Waals surface area contributed by atoms with Gasteiger partial charge in [-0.3, -0.25) is 4.68 Å². The normalized spacial score (nSPS) is 11.2. The molecule has 10 heteroatoms. The molecule has 0 amide bonds. The molecule has 3 N–H and O–H groups in total. The van der Waals surface area contributed by atoms with E-state index in [9.17, 15) is 0 Å². The first-order valence-electron chi connectivity index (χ1n) is 8.20. The molecule has 0 aliphatic carbocycles. The molecule has 0 saturated carbocycles. The number of para-hydroxylation sites is 1. The van der Waals surface area contributed by atoms with Crippen molar-refractivity contribution in [1.29, 1.82) is 0 Å². The summed E-state index contributed by atoms with van der Waals surface area (Å²) in [7, 11) is 1.86. The molecule has 0 unspecified atom stereocenters. The topological polar surface area (TPSA) is 92.0 Å². The highest BCUT2D eigenvalue weighted by atomic mass is 127. The Balaban J connectivity index is 0.00000243. The summed E-state index contributed by atoms with van der Waals surface area (Å²) in [6.07, 6.45) is 1.53. The second kappa shape index (κ2) is 10.3. The minimum Gasteiger partial charge on any atom is -0.360 e. The molecule has 0 spiro atoms. The number of halogens is 1. The summed E-state index contributed by atoms with van der Waals surface area (Å²) in [5.41, 5.74) is 1.03. The molecule has 3 rings (SSSR count). The number of hydrogen-bond donors (Lipinski definition) is 3. The summed E-state index contributed by atoms with van der Waals surface area (Å²) in [5.74, 6) is 1.58. The van der Waals surface area contributed by atoms with E-state index in [1.807, 2.05) is 32.2 Å². The van der Waals surface area contributed by atoms with E-state index in [4.69, 9.17) is 0 Å². The Morgan fingerprint density at radius 2 is 2.08 bits per heavy atom. The fraction of sp³-hybridized carbons (Fsp3) is 0.375. The molecule has 0 bridgehead atoms. The number of rotatable bonds is 7. The van der Waals surface area contributed by atoms with Crippen LogP contribution in [0.3, 0.4) is 0 Å². The Kier molecular flexibility index (Phi) is 8.04. The second-order valence-corrected chi connectivity index (χ2v) is 6.37. The van der Waals surface area contributed by atoms with Gasteiger partial charge in [-0.25, -0.2) is 15.0 Å². The average molecular weight is 486 g/mol. The van der Waals surface area contributed by atoms with Crippen LogP contribution in [0.4, 0.5) is 5.13 Å². The number of aromatic nitrogens is 4. The van der Waals surface area contributed by atoms with Crippen molar-refractivity contribution in [3.63, 3.8) is 0 Å². The van der Waals surface area contributed by atoms with Crippen molar-refractivity contribution >= 4 is 56.6 Å². The molecule has 140 valence electrons. The summed E-state index contributed by atoms with van der Waals surface area (Å²) >= 11 is 1.66. The molecule has 0 aliphatic rings. The van der Waals surface area contributed by atoms with Crippen molar-refractivity contribution in [2.75, 3.05) is 25.0 Å². The summed E-state index contributed by atoms with van der Waals surface area (Å²) in [6, 6.07) is 8.14. The summed E-state index contributed by atoms with van der Waals surface area (Å²) in [6.45, 7) is 4.82. The maximum atomic E-state index is 4.56. The van der Waals surface area contributed by atoms with Crippen molar-refractivity contribution in [2.45, 2.75) is 13.5 Å². The summed E-state index contributed by atoms with van der Waals surface area (Å²) in [4.78, 5) is 13.3. The standard InChI is InChI=1S/C16H22N8S.HI/c1-3-17-15(20-10-14-21-11-22-24(14)2)18-8-9-19-16-23-12-6-4-5-7-13(12)25-16;/h4-7,11H,3,8-10H2,1-2H3,(H,19,23)(H2,17,18,20);1H. The predicted molar refractivity (Wildman–Crippen MR) is 117 cm³/mol. The number of benzene rings is 1.